The molecule has 0 amide bonds. The second-order valence-corrected chi connectivity index (χ2v) is 5.41. The van der Waals surface area contributed by atoms with Crippen LogP contribution in [-0.4, -0.2) is 4.92 Å². The molecule has 4 nitrogen and oxygen atoms in total. The maximum Gasteiger partial charge on any atom is 0.269 e. The first-order chi connectivity index (χ1) is 8.48. The molecule has 1 fully saturated rings. The van der Waals surface area contributed by atoms with Gasteiger partial charge in [0.1, 0.15) is 0 Å². The van der Waals surface area contributed by atoms with E-state index in [9.17, 15) is 15.4 Å². The van der Waals surface area contributed by atoms with Gasteiger partial charge in [0.05, 0.1) is 16.4 Å². The van der Waals surface area contributed by atoms with E-state index in [4.69, 9.17) is 0 Å². The minimum absolute atomic E-state index is 0.0649. The molecule has 0 atom stereocenters. The van der Waals surface area contributed by atoms with E-state index in [2.05, 4.69) is 19.9 Å². The molecule has 0 radical (unpaired) electrons. The van der Waals surface area contributed by atoms with Crippen LogP contribution >= 0.6 is 0 Å². The highest BCUT2D eigenvalue weighted by Crippen LogP contribution is 2.50. The number of nitrogens with zero attached hydrogens (tertiary/aromatic N) is 2. The van der Waals surface area contributed by atoms with Gasteiger partial charge in [0.15, 0.2) is 0 Å². The van der Waals surface area contributed by atoms with Crippen molar-refractivity contribution >= 4 is 5.69 Å². The number of nitriles is 1. The quantitative estimate of drug-likeness (QED) is 0.604. The standard InChI is InChI=1S/C14H16N2O2/c1-10(2)11-7-14(8-11,9-15)12-4-3-5-13(6-12)16(17)18/h3-6,10-11H,7-8H2,1-2H3. The summed E-state index contributed by atoms with van der Waals surface area (Å²) in [5, 5.41) is 20.2. The molecule has 0 aromatic heterocycles. The first-order valence-corrected chi connectivity index (χ1v) is 6.15. The number of hydrogen-bond acceptors (Lipinski definition) is 3. The van der Waals surface area contributed by atoms with E-state index in [1.165, 1.54) is 6.07 Å². The second kappa shape index (κ2) is 4.41. The summed E-state index contributed by atoms with van der Waals surface area (Å²) in [6.45, 7) is 4.30. The van der Waals surface area contributed by atoms with Crippen molar-refractivity contribution in [1.29, 1.82) is 5.26 Å². The fraction of sp³-hybridized carbons (Fsp3) is 0.500. The Morgan fingerprint density at radius 3 is 2.67 bits per heavy atom. The van der Waals surface area contributed by atoms with E-state index in [-0.39, 0.29) is 5.69 Å². The lowest BCUT2D eigenvalue weighted by Gasteiger charge is -2.45. The van der Waals surface area contributed by atoms with Gasteiger partial charge in [-0.05, 0) is 30.2 Å². The number of nitro benzene ring substituents is 1. The van der Waals surface area contributed by atoms with Crippen molar-refractivity contribution in [3.63, 3.8) is 0 Å². The van der Waals surface area contributed by atoms with E-state index < -0.39 is 10.3 Å². The molecular weight excluding hydrogens is 228 g/mol. The Morgan fingerprint density at radius 2 is 2.17 bits per heavy atom. The van der Waals surface area contributed by atoms with Gasteiger partial charge in [-0.3, -0.25) is 10.1 Å². The van der Waals surface area contributed by atoms with E-state index >= 15 is 0 Å². The van der Waals surface area contributed by atoms with Gasteiger partial charge < -0.3 is 0 Å². The highest BCUT2D eigenvalue weighted by Gasteiger charge is 2.47. The molecule has 1 aromatic rings. The first-order valence-electron chi connectivity index (χ1n) is 6.15. The van der Waals surface area contributed by atoms with Crippen molar-refractivity contribution in [1.82, 2.24) is 0 Å². The van der Waals surface area contributed by atoms with Crippen LogP contribution in [0.3, 0.4) is 0 Å². The van der Waals surface area contributed by atoms with Gasteiger partial charge in [-0.25, -0.2) is 0 Å². The predicted octanol–water partition coefficient (Wildman–Crippen LogP) is 3.42. The summed E-state index contributed by atoms with van der Waals surface area (Å²) in [6, 6.07) is 8.85. The summed E-state index contributed by atoms with van der Waals surface area (Å²) in [6.07, 6.45) is 1.62. The maximum absolute atomic E-state index is 10.8. The predicted molar refractivity (Wildman–Crippen MR) is 67.9 cm³/mol. The number of benzene rings is 1. The molecule has 0 N–H and O–H groups in total. The minimum Gasteiger partial charge on any atom is -0.258 e. The number of non-ortho nitro benzene ring substituents is 1. The number of nitro groups is 1. The molecule has 18 heavy (non-hydrogen) atoms. The Kier molecular flexibility index (Phi) is 3.08. The summed E-state index contributed by atoms with van der Waals surface area (Å²) < 4.78 is 0. The molecular formula is C14H16N2O2. The molecule has 1 saturated carbocycles. The van der Waals surface area contributed by atoms with Crippen molar-refractivity contribution in [2.45, 2.75) is 32.1 Å². The van der Waals surface area contributed by atoms with E-state index in [0.29, 0.717) is 11.8 Å². The lowest BCUT2D eigenvalue weighted by atomic mass is 9.56. The summed E-state index contributed by atoms with van der Waals surface area (Å²) in [4.78, 5) is 10.4. The highest BCUT2D eigenvalue weighted by atomic mass is 16.6. The zero-order chi connectivity index (χ0) is 13.3. The largest absolute Gasteiger partial charge is 0.269 e. The fourth-order valence-corrected chi connectivity index (χ4v) is 2.62. The molecule has 0 spiro atoms. The van der Waals surface area contributed by atoms with Crippen molar-refractivity contribution in [2.75, 3.05) is 0 Å². The third-order valence-corrected chi connectivity index (χ3v) is 3.99. The lowest BCUT2D eigenvalue weighted by Crippen LogP contribution is -2.42. The Morgan fingerprint density at radius 1 is 1.50 bits per heavy atom. The summed E-state index contributed by atoms with van der Waals surface area (Å²) in [5.41, 5.74) is 0.340. The zero-order valence-electron chi connectivity index (χ0n) is 10.6. The zero-order valence-corrected chi connectivity index (χ0v) is 10.6. The number of rotatable bonds is 3. The van der Waals surface area contributed by atoms with Crippen LogP contribution in [-0.2, 0) is 5.41 Å². The van der Waals surface area contributed by atoms with Crippen LogP contribution in [0.4, 0.5) is 5.69 Å². The normalized spacial score (nSPS) is 26.4. The molecule has 0 saturated heterocycles. The van der Waals surface area contributed by atoms with Gasteiger partial charge in [-0.2, -0.15) is 5.26 Å². The smallest absolute Gasteiger partial charge is 0.258 e. The summed E-state index contributed by atoms with van der Waals surface area (Å²) in [5.74, 6) is 1.11. The molecule has 2 rings (SSSR count). The Hall–Kier alpha value is -1.89. The van der Waals surface area contributed by atoms with Crippen LogP contribution in [0.2, 0.25) is 0 Å². The van der Waals surface area contributed by atoms with Gasteiger partial charge >= 0.3 is 0 Å². The molecule has 0 bridgehead atoms. The lowest BCUT2D eigenvalue weighted by molar-refractivity contribution is -0.385. The Labute approximate surface area is 106 Å². The Balaban J connectivity index is 2.28. The summed E-state index contributed by atoms with van der Waals surface area (Å²) in [7, 11) is 0. The molecule has 1 aromatic carbocycles. The average Bonchev–Trinajstić information content (AvgIpc) is 2.28. The Bertz CT molecular complexity index is 511. The monoisotopic (exact) mass is 244 g/mol. The van der Waals surface area contributed by atoms with Gasteiger partial charge in [0.25, 0.3) is 5.69 Å². The third-order valence-electron chi connectivity index (χ3n) is 3.99. The van der Waals surface area contributed by atoms with Gasteiger partial charge in [-0.15, -0.1) is 0 Å². The molecule has 0 aliphatic heterocycles. The van der Waals surface area contributed by atoms with Crippen molar-refractivity contribution in [2.24, 2.45) is 11.8 Å². The van der Waals surface area contributed by atoms with E-state index in [1.54, 1.807) is 12.1 Å². The second-order valence-electron chi connectivity index (χ2n) is 5.41. The molecule has 1 aliphatic rings. The van der Waals surface area contributed by atoms with Crippen molar-refractivity contribution in [3.8, 4) is 6.07 Å². The van der Waals surface area contributed by atoms with E-state index in [1.807, 2.05) is 6.07 Å². The molecule has 94 valence electrons. The minimum atomic E-state index is -0.513. The fourth-order valence-electron chi connectivity index (χ4n) is 2.62. The third kappa shape index (κ3) is 1.97. The van der Waals surface area contributed by atoms with Crippen LogP contribution in [0.25, 0.3) is 0 Å². The molecule has 0 heterocycles. The van der Waals surface area contributed by atoms with Gasteiger partial charge in [0.2, 0.25) is 0 Å². The van der Waals surface area contributed by atoms with Gasteiger partial charge in [-0.1, -0.05) is 26.0 Å². The van der Waals surface area contributed by atoms with Crippen LogP contribution < -0.4 is 0 Å². The average molecular weight is 244 g/mol. The molecule has 1 aliphatic carbocycles. The number of hydrogen-bond donors (Lipinski definition) is 0. The van der Waals surface area contributed by atoms with Crippen molar-refractivity contribution in [3.05, 3.63) is 39.9 Å². The SMILES string of the molecule is CC(C)C1CC(C#N)(c2cccc([N+](=O)[O-])c2)C1. The van der Waals surface area contributed by atoms with Gasteiger partial charge in [0, 0.05) is 12.1 Å². The van der Waals surface area contributed by atoms with Crippen LogP contribution in [0.15, 0.2) is 24.3 Å². The van der Waals surface area contributed by atoms with E-state index in [0.717, 1.165) is 18.4 Å². The van der Waals surface area contributed by atoms with Crippen LogP contribution in [0, 0.1) is 33.3 Å². The van der Waals surface area contributed by atoms with Crippen LogP contribution in [0.5, 0.6) is 0 Å². The van der Waals surface area contributed by atoms with Crippen LogP contribution in [0.1, 0.15) is 32.3 Å². The maximum atomic E-state index is 10.8. The topological polar surface area (TPSA) is 66.9 Å². The molecule has 0 unspecified atom stereocenters. The van der Waals surface area contributed by atoms with Crippen molar-refractivity contribution < 1.29 is 4.92 Å². The first kappa shape index (κ1) is 12.6. The summed E-state index contributed by atoms with van der Waals surface area (Å²) >= 11 is 0. The molecule has 4 heteroatoms. The highest BCUT2D eigenvalue weighted by molar-refractivity contribution is 5.43.